The zero-order chi connectivity index (χ0) is 34.0. The standard InChI is InChI=1S/C36H37F3N8O/c1-24-7-9-28(17-27(24)11-12-31-20-40-34-33(6-5-13-47(31)34)43-30-19-42-45(4)23-30)35(48)41-18-26-8-10-29(32(16-26)36(37,38)39)22-46-15-14-44(3)25(2)21-46/h5-10,13,16-17,19-20,23,25,43H,14-15,18,21-22H2,1-4H3,(H,41,48)/t25-/m1/s1. The lowest BCUT2D eigenvalue weighted by molar-refractivity contribution is -0.138. The maximum Gasteiger partial charge on any atom is 0.416 e. The summed E-state index contributed by atoms with van der Waals surface area (Å²) in [4.78, 5) is 21.9. The minimum absolute atomic E-state index is 0.0418. The molecule has 0 aliphatic carbocycles. The quantitative estimate of drug-likeness (QED) is 0.222. The van der Waals surface area contributed by atoms with Gasteiger partial charge in [-0.15, -0.1) is 0 Å². The van der Waals surface area contributed by atoms with Crippen molar-refractivity contribution in [3.63, 3.8) is 0 Å². The average molecular weight is 655 g/mol. The van der Waals surface area contributed by atoms with Crippen LogP contribution in [-0.4, -0.2) is 67.6 Å². The van der Waals surface area contributed by atoms with Crippen LogP contribution in [0, 0.1) is 18.8 Å². The Labute approximate surface area is 277 Å². The molecule has 0 radical (unpaired) electrons. The summed E-state index contributed by atoms with van der Waals surface area (Å²) in [6.07, 6.45) is 2.66. The van der Waals surface area contributed by atoms with Gasteiger partial charge in [-0.1, -0.05) is 24.1 Å². The summed E-state index contributed by atoms with van der Waals surface area (Å²) in [7, 11) is 3.87. The van der Waals surface area contributed by atoms with Crippen molar-refractivity contribution < 1.29 is 18.0 Å². The molecule has 0 spiro atoms. The van der Waals surface area contributed by atoms with Crippen molar-refractivity contribution in [2.75, 3.05) is 32.0 Å². The third-order valence-corrected chi connectivity index (χ3v) is 8.72. The number of hydrogen-bond acceptors (Lipinski definition) is 6. The number of nitrogens with zero attached hydrogens (tertiary/aromatic N) is 6. The molecule has 5 aromatic rings. The number of aryl methyl sites for hydroxylation is 2. The van der Waals surface area contributed by atoms with Crippen molar-refractivity contribution >= 4 is 22.9 Å². The van der Waals surface area contributed by atoms with E-state index in [0.717, 1.165) is 29.5 Å². The molecular weight excluding hydrogens is 617 g/mol. The van der Waals surface area contributed by atoms with E-state index in [1.54, 1.807) is 41.3 Å². The van der Waals surface area contributed by atoms with Crippen molar-refractivity contribution in [1.82, 2.24) is 34.3 Å². The average Bonchev–Trinajstić information content (AvgIpc) is 3.67. The van der Waals surface area contributed by atoms with Crippen LogP contribution < -0.4 is 10.6 Å². The van der Waals surface area contributed by atoms with Gasteiger partial charge in [0.05, 0.1) is 29.3 Å². The highest BCUT2D eigenvalue weighted by Crippen LogP contribution is 2.34. The zero-order valence-electron chi connectivity index (χ0n) is 27.3. The first-order valence-electron chi connectivity index (χ1n) is 15.7. The van der Waals surface area contributed by atoms with Crippen molar-refractivity contribution in [2.45, 2.75) is 39.2 Å². The summed E-state index contributed by atoms with van der Waals surface area (Å²) >= 11 is 0. The van der Waals surface area contributed by atoms with Gasteiger partial charge in [-0.05, 0) is 73.8 Å². The molecule has 9 nitrogen and oxygen atoms in total. The summed E-state index contributed by atoms with van der Waals surface area (Å²) < 4.78 is 45.9. The maximum absolute atomic E-state index is 14.1. The Morgan fingerprint density at radius 1 is 1.06 bits per heavy atom. The Kier molecular flexibility index (Phi) is 9.26. The number of carbonyl (C=O) groups is 1. The number of alkyl halides is 3. The molecular formula is C36H37F3N8O. The summed E-state index contributed by atoms with van der Waals surface area (Å²) in [5, 5.41) is 10.3. The fraction of sp³-hybridized carbons (Fsp3) is 0.306. The first-order chi connectivity index (χ1) is 22.9. The Balaban J connectivity index is 1.15. The van der Waals surface area contributed by atoms with Crippen LogP contribution in [0.25, 0.3) is 5.65 Å². The highest BCUT2D eigenvalue weighted by atomic mass is 19.4. The van der Waals surface area contributed by atoms with E-state index in [0.29, 0.717) is 41.1 Å². The van der Waals surface area contributed by atoms with Crippen molar-refractivity contribution in [3.05, 3.63) is 112 Å². The third kappa shape index (κ3) is 7.38. The van der Waals surface area contributed by atoms with Crippen LogP contribution in [0.5, 0.6) is 0 Å². The highest BCUT2D eigenvalue weighted by Gasteiger charge is 2.34. The van der Waals surface area contributed by atoms with E-state index in [4.69, 9.17) is 0 Å². The van der Waals surface area contributed by atoms with Gasteiger partial charge in [0.15, 0.2) is 5.65 Å². The zero-order valence-corrected chi connectivity index (χ0v) is 27.3. The first-order valence-corrected chi connectivity index (χ1v) is 15.7. The molecule has 3 aromatic heterocycles. The number of anilines is 2. The molecule has 1 saturated heterocycles. The van der Waals surface area contributed by atoms with Gasteiger partial charge >= 0.3 is 6.18 Å². The van der Waals surface area contributed by atoms with E-state index >= 15 is 0 Å². The van der Waals surface area contributed by atoms with Crippen LogP contribution >= 0.6 is 0 Å². The maximum atomic E-state index is 14.1. The van der Waals surface area contributed by atoms with Gasteiger partial charge in [-0.3, -0.25) is 18.8 Å². The fourth-order valence-corrected chi connectivity index (χ4v) is 5.80. The molecule has 1 aliphatic rings. The Morgan fingerprint density at radius 3 is 2.65 bits per heavy atom. The van der Waals surface area contributed by atoms with Crippen LogP contribution in [0.3, 0.4) is 0 Å². The number of imidazole rings is 1. The minimum atomic E-state index is -4.50. The molecule has 48 heavy (non-hydrogen) atoms. The molecule has 1 amide bonds. The van der Waals surface area contributed by atoms with Gasteiger partial charge in [-0.25, -0.2) is 4.98 Å². The molecule has 248 valence electrons. The van der Waals surface area contributed by atoms with E-state index in [9.17, 15) is 18.0 Å². The summed E-state index contributed by atoms with van der Waals surface area (Å²) in [5.74, 6) is 5.93. The number of aromatic nitrogens is 4. The predicted molar refractivity (Wildman–Crippen MR) is 179 cm³/mol. The topological polar surface area (TPSA) is 82.7 Å². The molecule has 2 aromatic carbocycles. The van der Waals surface area contributed by atoms with E-state index in [2.05, 4.69) is 49.3 Å². The molecule has 1 aliphatic heterocycles. The lowest BCUT2D eigenvalue weighted by Gasteiger charge is -2.38. The largest absolute Gasteiger partial charge is 0.416 e. The minimum Gasteiger partial charge on any atom is -0.350 e. The molecule has 12 heteroatoms. The van der Waals surface area contributed by atoms with Crippen LogP contribution in [0.4, 0.5) is 24.5 Å². The van der Waals surface area contributed by atoms with Gasteiger partial charge < -0.3 is 15.5 Å². The van der Waals surface area contributed by atoms with Gasteiger partial charge in [0.2, 0.25) is 0 Å². The van der Waals surface area contributed by atoms with Gasteiger partial charge in [0, 0.05) is 69.3 Å². The Hall–Kier alpha value is -5.12. The van der Waals surface area contributed by atoms with E-state index in [1.165, 1.54) is 6.07 Å². The number of pyridine rings is 1. The SMILES string of the molecule is Cc1ccc(C(=O)NCc2ccc(CN3CCN(C)[C@H](C)C3)c(C(F)(F)F)c2)cc1C#Cc1cnc2c(Nc3cnn(C)c3)cccn12. The molecule has 4 heterocycles. The molecule has 0 bridgehead atoms. The third-order valence-electron chi connectivity index (χ3n) is 8.72. The lowest BCUT2D eigenvalue weighted by Crippen LogP contribution is -2.49. The predicted octanol–water partition coefficient (Wildman–Crippen LogP) is 5.60. The highest BCUT2D eigenvalue weighted by molar-refractivity contribution is 5.94. The molecule has 0 unspecified atom stereocenters. The molecule has 1 atom stereocenters. The van der Waals surface area contributed by atoms with Crippen molar-refractivity contribution in [1.29, 1.82) is 0 Å². The summed E-state index contributed by atoms with van der Waals surface area (Å²) in [6.45, 7) is 6.39. The number of halogens is 3. The van der Waals surface area contributed by atoms with Crippen molar-refractivity contribution in [3.8, 4) is 11.8 Å². The fourth-order valence-electron chi connectivity index (χ4n) is 5.80. The normalized spacial score (nSPS) is 15.7. The number of amides is 1. The molecule has 2 N–H and O–H groups in total. The molecule has 6 rings (SSSR count). The number of nitrogens with one attached hydrogen (secondary N) is 2. The number of hydrogen-bond donors (Lipinski definition) is 2. The Morgan fingerprint density at radius 2 is 1.90 bits per heavy atom. The second-order valence-electron chi connectivity index (χ2n) is 12.3. The van der Waals surface area contributed by atoms with Crippen LogP contribution in [0.15, 0.2) is 73.3 Å². The van der Waals surface area contributed by atoms with E-state index in [1.807, 2.05) is 49.9 Å². The van der Waals surface area contributed by atoms with Crippen LogP contribution in [0.1, 0.15) is 50.8 Å². The number of benzene rings is 2. The summed E-state index contributed by atoms with van der Waals surface area (Å²) in [5.41, 5.74) is 4.86. The number of fused-ring (bicyclic) bond motifs is 1. The first kappa shape index (κ1) is 32.8. The number of likely N-dealkylation sites (N-methyl/N-ethyl adjacent to an activating group) is 1. The molecule has 0 saturated carbocycles. The van der Waals surface area contributed by atoms with Crippen LogP contribution in [0.2, 0.25) is 0 Å². The monoisotopic (exact) mass is 654 g/mol. The second kappa shape index (κ2) is 13.5. The Bertz CT molecular complexity index is 2020. The lowest BCUT2D eigenvalue weighted by atomic mass is 10.0. The van der Waals surface area contributed by atoms with Crippen molar-refractivity contribution in [2.24, 2.45) is 7.05 Å². The van der Waals surface area contributed by atoms with Gasteiger partial charge in [0.1, 0.15) is 5.69 Å². The number of rotatable bonds is 7. The number of piperazine rings is 1. The second-order valence-corrected chi connectivity index (χ2v) is 12.3. The van der Waals surface area contributed by atoms with E-state index in [-0.39, 0.29) is 24.7 Å². The van der Waals surface area contributed by atoms with Gasteiger partial charge in [-0.2, -0.15) is 18.3 Å². The number of carbonyl (C=O) groups excluding carboxylic acids is 1. The molecule has 1 fully saturated rings. The van der Waals surface area contributed by atoms with E-state index < -0.39 is 17.6 Å². The smallest absolute Gasteiger partial charge is 0.350 e. The van der Waals surface area contributed by atoms with Gasteiger partial charge in [0.25, 0.3) is 5.91 Å². The van der Waals surface area contributed by atoms with Crippen LogP contribution in [-0.2, 0) is 26.3 Å². The summed E-state index contributed by atoms with van der Waals surface area (Å²) in [6, 6.07) is 13.6.